The van der Waals surface area contributed by atoms with E-state index in [1.165, 1.54) is 0 Å². The van der Waals surface area contributed by atoms with Crippen molar-refractivity contribution in [1.82, 2.24) is 10.6 Å². The van der Waals surface area contributed by atoms with E-state index in [0.29, 0.717) is 12.4 Å². The average molecular weight is 475 g/mol. The maximum Gasteiger partial charge on any atom is 1.00 e. The molecular formula is C17H22N7NaO8. The molecule has 0 aliphatic heterocycles. The molecule has 0 rings (SSSR count). The summed E-state index contributed by atoms with van der Waals surface area (Å²) in [6, 6.07) is -4.53. The molecule has 15 nitrogen and oxygen atoms in total. The van der Waals surface area contributed by atoms with Gasteiger partial charge in [-0.15, -0.1) is 0 Å². The zero-order chi connectivity index (χ0) is 24.7. The Hall–Kier alpha value is -3.06. The van der Waals surface area contributed by atoms with Crippen molar-refractivity contribution in [2.75, 3.05) is 0 Å². The molecule has 0 aliphatic rings. The number of carboxylic acid groups (broad SMARTS) is 2. The second-order valence-corrected chi connectivity index (χ2v) is 6.49. The Kier molecular flexibility index (Phi) is 17.0. The maximum absolute atomic E-state index is 12.6. The number of ketones is 2. The Balaban J connectivity index is 0. The molecular weight excluding hydrogens is 453 g/mol. The second kappa shape index (κ2) is 17.5. The van der Waals surface area contributed by atoms with Gasteiger partial charge in [-0.3, -0.25) is 24.5 Å². The Morgan fingerprint density at radius 2 is 1.33 bits per heavy atom. The molecule has 0 aromatic heterocycles. The first kappa shape index (κ1) is 32.1. The molecule has 0 fully saturated rings. The number of aliphatic carboxylic acids is 2. The van der Waals surface area contributed by atoms with Crippen molar-refractivity contribution in [1.29, 1.82) is 0 Å². The SMILES string of the molecule is [N-]=[N+]=CC(=O)CCC(NC(=O)C(CCC(=O)C=[N+]=[N-])NC(CCC(N)=O)C(=O)[O-])C(=O)O.[Na+]. The summed E-state index contributed by atoms with van der Waals surface area (Å²) < 4.78 is 0. The van der Waals surface area contributed by atoms with Crippen molar-refractivity contribution in [2.24, 2.45) is 5.73 Å². The fraction of sp³-hybridized carbons (Fsp3) is 0.529. The van der Waals surface area contributed by atoms with Crippen LogP contribution >= 0.6 is 0 Å². The molecule has 0 aliphatic carbocycles. The number of Topliss-reactive ketones (excluding diaryl/α,β-unsaturated/α-hetero) is 2. The quantitative estimate of drug-likeness (QED) is 0.0672. The first-order valence-corrected chi connectivity index (χ1v) is 9.20. The van der Waals surface area contributed by atoms with Crippen LogP contribution in [0.3, 0.4) is 0 Å². The van der Waals surface area contributed by atoms with Gasteiger partial charge in [0.25, 0.3) is 0 Å². The van der Waals surface area contributed by atoms with Gasteiger partial charge in [0.1, 0.15) is 6.04 Å². The van der Waals surface area contributed by atoms with E-state index in [1.54, 1.807) is 0 Å². The third-order valence-corrected chi connectivity index (χ3v) is 4.06. The monoisotopic (exact) mass is 475 g/mol. The third kappa shape index (κ3) is 14.6. The fourth-order valence-electron chi connectivity index (χ4n) is 2.45. The van der Waals surface area contributed by atoms with E-state index >= 15 is 0 Å². The zero-order valence-electron chi connectivity index (χ0n) is 17.8. The van der Waals surface area contributed by atoms with Crippen LogP contribution in [0.25, 0.3) is 11.1 Å². The predicted octanol–water partition coefficient (Wildman–Crippen LogP) is -6.80. The Morgan fingerprint density at radius 1 is 0.879 bits per heavy atom. The van der Waals surface area contributed by atoms with Gasteiger partial charge in [0.15, 0.2) is 0 Å². The van der Waals surface area contributed by atoms with Crippen LogP contribution in [0.5, 0.6) is 0 Å². The van der Waals surface area contributed by atoms with Gasteiger partial charge < -0.3 is 37.1 Å². The van der Waals surface area contributed by atoms with Gasteiger partial charge in [-0.25, -0.2) is 4.79 Å². The number of rotatable bonds is 17. The van der Waals surface area contributed by atoms with Crippen LogP contribution in [0, 0.1) is 0 Å². The molecule has 0 saturated heterocycles. The summed E-state index contributed by atoms with van der Waals surface area (Å²) >= 11 is 0. The number of nitrogens with two attached hydrogens (primary N) is 1. The summed E-state index contributed by atoms with van der Waals surface area (Å²) in [7, 11) is 0. The van der Waals surface area contributed by atoms with Crippen LogP contribution in [-0.4, -0.2) is 80.6 Å². The molecule has 5 N–H and O–H groups in total. The number of nitrogens with zero attached hydrogens (tertiary/aromatic N) is 4. The second-order valence-electron chi connectivity index (χ2n) is 6.49. The van der Waals surface area contributed by atoms with Crippen molar-refractivity contribution in [3.63, 3.8) is 0 Å². The predicted molar refractivity (Wildman–Crippen MR) is 102 cm³/mol. The van der Waals surface area contributed by atoms with Crippen LogP contribution in [0.2, 0.25) is 0 Å². The minimum atomic E-state index is -1.67. The number of hydrogen-bond donors (Lipinski definition) is 4. The summed E-state index contributed by atoms with van der Waals surface area (Å²) in [5, 5.41) is 25.1. The fourth-order valence-corrected chi connectivity index (χ4v) is 2.45. The van der Waals surface area contributed by atoms with E-state index in [1.807, 2.05) is 0 Å². The molecule has 33 heavy (non-hydrogen) atoms. The van der Waals surface area contributed by atoms with Gasteiger partial charge in [-0.1, -0.05) is 0 Å². The van der Waals surface area contributed by atoms with Crippen LogP contribution in [0.15, 0.2) is 0 Å². The van der Waals surface area contributed by atoms with E-state index in [0.717, 1.165) is 0 Å². The minimum absolute atomic E-state index is 0. The van der Waals surface area contributed by atoms with E-state index < -0.39 is 53.4 Å². The van der Waals surface area contributed by atoms with Gasteiger partial charge in [0.2, 0.25) is 23.4 Å². The van der Waals surface area contributed by atoms with Gasteiger partial charge in [-0.05, 0) is 19.3 Å². The van der Waals surface area contributed by atoms with Crippen LogP contribution in [-0.2, 0) is 28.8 Å². The summed E-state index contributed by atoms with van der Waals surface area (Å²) in [6.07, 6.45) is -1.05. The first-order valence-electron chi connectivity index (χ1n) is 9.20. The molecule has 0 spiro atoms. The number of carbonyl (C=O) groups is 6. The molecule has 0 bridgehead atoms. The topological polar surface area (TPSA) is 269 Å². The van der Waals surface area contributed by atoms with E-state index in [4.69, 9.17) is 16.8 Å². The number of amides is 2. The molecule has 0 saturated carbocycles. The van der Waals surface area contributed by atoms with E-state index in [2.05, 4.69) is 20.2 Å². The number of carbonyl (C=O) groups excluding carboxylic acids is 5. The Bertz CT molecular complexity index is 852. The number of primary amides is 1. The molecule has 174 valence electrons. The van der Waals surface area contributed by atoms with Crippen molar-refractivity contribution in [2.45, 2.75) is 56.7 Å². The van der Waals surface area contributed by atoms with Crippen LogP contribution in [0.1, 0.15) is 38.5 Å². The van der Waals surface area contributed by atoms with Gasteiger partial charge in [-0.2, -0.15) is 9.58 Å². The molecule has 0 heterocycles. The molecule has 2 amide bonds. The van der Waals surface area contributed by atoms with Crippen molar-refractivity contribution >= 4 is 47.7 Å². The van der Waals surface area contributed by atoms with Gasteiger partial charge in [0.05, 0.1) is 12.0 Å². The average Bonchev–Trinajstić information content (AvgIpc) is 2.70. The number of nitrogens with one attached hydrogen (secondary N) is 2. The summed E-state index contributed by atoms with van der Waals surface area (Å²) in [6.45, 7) is 0. The summed E-state index contributed by atoms with van der Waals surface area (Å²) in [5.74, 6) is -6.41. The van der Waals surface area contributed by atoms with Crippen molar-refractivity contribution in [3.05, 3.63) is 11.1 Å². The minimum Gasteiger partial charge on any atom is -0.548 e. The zero-order valence-corrected chi connectivity index (χ0v) is 19.8. The molecule has 3 atom stereocenters. The largest absolute Gasteiger partial charge is 1.00 e. The Morgan fingerprint density at radius 3 is 1.73 bits per heavy atom. The number of hydrogen-bond acceptors (Lipinski definition) is 8. The summed E-state index contributed by atoms with van der Waals surface area (Å²) in [5.41, 5.74) is 21.7. The molecule has 0 aromatic carbocycles. The standard InChI is InChI=1S/C17H23N7O8.Na/c18-14(27)6-5-12(16(29)30)23-11(3-1-9(25)7-21-19)15(28)24-13(17(31)32)4-2-10(26)8-22-20;/h7-8,11-13,23H,1-6H2,(H2,18,27)(H,24,28)(H,29,30)(H,31,32);/q;+1/p-1. The molecule has 16 heteroatoms. The van der Waals surface area contributed by atoms with E-state index in [9.17, 15) is 39.0 Å². The first-order chi connectivity index (χ1) is 15.0. The smallest absolute Gasteiger partial charge is 0.548 e. The third-order valence-electron chi connectivity index (χ3n) is 4.06. The number of carboxylic acids is 2. The van der Waals surface area contributed by atoms with Crippen LogP contribution < -0.4 is 51.0 Å². The van der Waals surface area contributed by atoms with E-state index in [-0.39, 0.29) is 68.1 Å². The molecule has 0 aromatic rings. The Labute approximate surface area is 209 Å². The molecule has 3 unspecified atom stereocenters. The maximum atomic E-state index is 12.6. The van der Waals surface area contributed by atoms with Crippen molar-refractivity contribution < 1.29 is 78.1 Å². The van der Waals surface area contributed by atoms with Gasteiger partial charge in [0, 0.05) is 25.3 Å². The molecule has 0 radical (unpaired) electrons. The van der Waals surface area contributed by atoms with Crippen molar-refractivity contribution in [3.8, 4) is 0 Å². The normalized spacial score (nSPS) is 12.4. The van der Waals surface area contributed by atoms with Gasteiger partial charge >= 0.3 is 48.0 Å². The van der Waals surface area contributed by atoms with Crippen LogP contribution in [0.4, 0.5) is 0 Å². The summed E-state index contributed by atoms with van der Waals surface area (Å²) in [4.78, 5) is 74.2.